The summed E-state index contributed by atoms with van der Waals surface area (Å²) in [5, 5.41) is 5.44. The van der Waals surface area contributed by atoms with E-state index in [1.165, 1.54) is 12.1 Å². The van der Waals surface area contributed by atoms with E-state index in [4.69, 9.17) is 0 Å². The van der Waals surface area contributed by atoms with Gasteiger partial charge in [0.25, 0.3) is 0 Å². The number of halogens is 3. The molecular formula is C20H19F3N2O2. The monoisotopic (exact) mass is 376 g/mol. The van der Waals surface area contributed by atoms with Gasteiger partial charge in [-0.1, -0.05) is 18.2 Å². The molecular weight excluding hydrogens is 357 g/mol. The van der Waals surface area contributed by atoms with E-state index in [-0.39, 0.29) is 17.5 Å². The molecule has 1 aliphatic rings. The first-order valence-corrected chi connectivity index (χ1v) is 8.52. The lowest BCUT2D eigenvalue weighted by Gasteiger charge is -2.11. The number of rotatable bonds is 4. The smallest absolute Gasteiger partial charge is 0.326 e. The maximum Gasteiger partial charge on any atom is 0.416 e. The highest BCUT2D eigenvalue weighted by atomic mass is 19.4. The lowest BCUT2D eigenvalue weighted by atomic mass is 10.1. The van der Waals surface area contributed by atoms with Crippen molar-refractivity contribution in [3.63, 3.8) is 0 Å². The normalized spacial score (nSPS) is 18.7. The Hall–Kier alpha value is -2.83. The van der Waals surface area contributed by atoms with Crippen LogP contribution in [-0.4, -0.2) is 11.8 Å². The van der Waals surface area contributed by atoms with Crippen molar-refractivity contribution in [2.24, 2.45) is 11.8 Å². The van der Waals surface area contributed by atoms with Crippen LogP contribution in [0.15, 0.2) is 42.5 Å². The molecule has 0 radical (unpaired) electrons. The predicted octanol–water partition coefficient (Wildman–Crippen LogP) is 4.54. The Bertz CT molecular complexity index is 856. The van der Waals surface area contributed by atoms with Crippen molar-refractivity contribution < 1.29 is 22.8 Å². The van der Waals surface area contributed by atoms with Crippen molar-refractivity contribution >= 4 is 23.2 Å². The van der Waals surface area contributed by atoms with Crippen LogP contribution >= 0.6 is 0 Å². The third kappa shape index (κ3) is 4.30. The van der Waals surface area contributed by atoms with Gasteiger partial charge in [-0.15, -0.1) is 0 Å². The van der Waals surface area contributed by atoms with Crippen molar-refractivity contribution in [3.05, 3.63) is 59.2 Å². The van der Waals surface area contributed by atoms with E-state index in [9.17, 15) is 22.8 Å². The summed E-state index contributed by atoms with van der Waals surface area (Å²) in [5.74, 6) is -1.49. The Labute approximate surface area is 154 Å². The zero-order chi connectivity index (χ0) is 19.8. The van der Waals surface area contributed by atoms with Crippen LogP contribution in [-0.2, 0) is 15.8 Å². The molecule has 2 atom stereocenters. The fraction of sp³-hybridized carbons (Fsp3) is 0.300. The first kappa shape index (κ1) is 18.9. The number of para-hydroxylation sites is 1. The molecule has 0 aliphatic heterocycles. The van der Waals surface area contributed by atoms with Gasteiger partial charge in [0.15, 0.2) is 0 Å². The molecule has 0 aromatic heterocycles. The topological polar surface area (TPSA) is 58.2 Å². The summed E-state index contributed by atoms with van der Waals surface area (Å²) < 4.78 is 37.7. The highest BCUT2D eigenvalue weighted by Crippen LogP contribution is 2.40. The highest BCUT2D eigenvalue weighted by molar-refractivity contribution is 6.03. The average Bonchev–Trinajstić information content (AvgIpc) is 3.39. The molecule has 27 heavy (non-hydrogen) atoms. The molecule has 142 valence electrons. The molecule has 2 unspecified atom stereocenters. The molecule has 0 heterocycles. The summed E-state index contributed by atoms with van der Waals surface area (Å²) in [7, 11) is 0. The van der Waals surface area contributed by atoms with Crippen LogP contribution < -0.4 is 10.6 Å². The van der Waals surface area contributed by atoms with Gasteiger partial charge in [-0.3, -0.25) is 9.59 Å². The maximum absolute atomic E-state index is 12.6. The Balaban J connectivity index is 1.58. The van der Waals surface area contributed by atoms with E-state index in [0.29, 0.717) is 6.42 Å². The maximum atomic E-state index is 12.6. The van der Waals surface area contributed by atoms with Gasteiger partial charge in [-0.2, -0.15) is 13.2 Å². The molecule has 4 nitrogen and oxygen atoms in total. The van der Waals surface area contributed by atoms with Gasteiger partial charge >= 0.3 is 6.18 Å². The molecule has 2 amide bonds. The Morgan fingerprint density at radius 1 is 0.889 bits per heavy atom. The third-order valence-electron chi connectivity index (χ3n) is 4.67. The van der Waals surface area contributed by atoms with E-state index < -0.39 is 23.6 Å². The molecule has 1 fully saturated rings. The fourth-order valence-corrected chi connectivity index (χ4v) is 2.98. The number of carbonyl (C=O) groups is 2. The van der Waals surface area contributed by atoms with Gasteiger partial charge in [-0.05, 0) is 55.7 Å². The van der Waals surface area contributed by atoms with Gasteiger partial charge in [0.2, 0.25) is 11.8 Å². The standard InChI is InChI=1S/C20H19F3N2O2/c1-11-4-3-5-12(2)17(11)25-19(27)16-10-15(16)18(26)24-14-8-6-13(7-9-14)20(21,22)23/h3-9,15-16H,10H2,1-2H3,(H,24,26)(H,25,27). The molecule has 0 saturated heterocycles. The van der Waals surface area contributed by atoms with Crippen molar-refractivity contribution in [1.82, 2.24) is 0 Å². The Kier molecular flexibility index (Phi) is 4.95. The minimum atomic E-state index is -4.42. The van der Waals surface area contributed by atoms with E-state index in [2.05, 4.69) is 10.6 Å². The molecule has 0 bridgehead atoms. The molecule has 1 aliphatic carbocycles. The second kappa shape index (κ2) is 7.06. The highest BCUT2D eigenvalue weighted by Gasteiger charge is 2.48. The van der Waals surface area contributed by atoms with E-state index >= 15 is 0 Å². The number of benzene rings is 2. The van der Waals surface area contributed by atoms with Crippen LogP contribution in [0, 0.1) is 25.7 Å². The number of carbonyl (C=O) groups excluding carboxylic acids is 2. The number of hydrogen-bond acceptors (Lipinski definition) is 2. The summed E-state index contributed by atoms with van der Waals surface area (Å²) in [6.45, 7) is 3.79. The molecule has 3 rings (SSSR count). The number of amides is 2. The Morgan fingerprint density at radius 3 is 1.93 bits per heavy atom. The first-order chi connectivity index (χ1) is 12.7. The van der Waals surface area contributed by atoms with Crippen LogP contribution in [0.4, 0.5) is 24.5 Å². The third-order valence-corrected chi connectivity index (χ3v) is 4.67. The quantitative estimate of drug-likeness (QED) is 0.823. The van der Waals surface area contributed by atoms with Crippen LogP contribution in [0.25, 0.3) is 0 Å². The minimum Gasteiger partial charge on any atom is -0.326 e. The van der Waals surface area contributed by atoms with Crippen molar-refractivity contribution in [2.45, 2.75) is 26.4 Å². The number of anilines is 2. The molecule has 2 aromatic rings. The summed E-state index contributed by atoms with van der Waals surface area (Å²) in [4.78, 5) is 24.6. The largest absolute Gasteiger partial charge is 0.416 e. The number of nitrogens with one attached hydrogen (secondary N) is 2. The van der Waals surface area contributed by atoms with E-state index in [1.54, 1.807) is 0 Å². The zero-order valence-corrected chi connectivity index (χ0v) is 14.9. The second-order valence-corrected chi connectivity index (χ2v) is 6.77. The van der Waals surface area contributed by atoms with Gasteiger partial charge in [0.1, 0.15) is 0 Å². The molecule has 1 saturated carbocycles. The van der Waals surface area contributed by atoms with Gasteiger partial charge in [-0.25, -0.2) is 0 Å². The SMILES string of the molecule is Cc1cccc(C)c1NC(=O)C1CC1C(=O)Nc1ccc(C(F)(F)F)cc1. The van der Waals surface area contributed by atoms with Crippen LogP contribution in [0.2, 0.25) is 0 Å². The summed E-state index contributed by atoms with van der Waals surface area (Å²) in [6.07, 6.45) is -4.00. The van der Waals surface area contributed by atoms with E-state index in [0.717, 1.165) is 28.9 Å². The molecule has 2 N–H and O–H groups in total. The molecule has 0 spiro atoms. The number of aryl methyl sites for hydroxylation is 2. The van der Waals surface area contributed by atoms with Crippen LogP contribution in [0.5, 0.6) is 0 Å². The molecule has 2 aromatic carbocycles. The lowest BCUT2D eigenvalue weighted by Crippen LogP contribution is -2.21. The first-order valence-electron chi connectivity index (χ1n) is 8.52. The minimum absolute atomic E-state index is 0.222. The van der Waals surface area contributed by atoms with Gasteiger partial charge in [0.05, 0.1) is 17.4 Å². The van der Waals surface area contributed by atoms with Crippen LogP contribution in [0.1, 0.15) is 23.1 Å². The average molecular weight is 376 g/mol. The number of alkyl halides is 3. The fourth-order valence-electron chi connectivity index (χ4n) is 2.98. The van der Waals surface area contributed by atoms with Crippen molar-refractivity contribution in [1.29, 1.82) is 0 Å². The van der Waals surface area contributed by atoms with E-state index in [1.807, 2.05) is 32.0 Å². The lowest BCUT2D eigenvalue weighted by molar-refractivity contribution is -0.137. The van der Waals surface area contributed by atoms with Crippen molar-refractivity contribution in [3.8, 4) is 0 Å². The zero-order valence-electron chi connectivity index (χ0n) is 14.9. The van der Waals surface area contributed by atoms with Crippen LogP contribution in [0.3, 0.4) is 0 Å². The molecule has 7 heteroatoms. The summed E-state index contributed by atoms with van der Waals surface area (Å²) in [6, 6.07) is 9.91. The van der Waals surface area contributed by atoms with Gasteiger partial charge < -0.3 is 10.6 Å². The predicted molar refractivity (Wildman–Crippen MR) is 96.2 cm³/mol. The van der Waals surface area contributed by atoms with Crippen molar-refractivity contribution in [2.75, 3.05) is 10.6 Å². The Morgan fingerprint density at radius 2 is 1.41 bits per heavy atom. The summed E-state index contributed by atoms with van der Waals surface area (Å²) >= 11 is 0. The van der Waals surface area contributed by atoms with Gasteiger partial charge in [0, 0.05) is 11.4 Å². The number of hydrogen-bond donors (Lipinski definition) is 2. The second-order valence-electron chi connectivity index (χ2n) is 6.77. The summed E-state index contributed by atoms with van der Waals surface area (Å²) in [5.41, 5.74) is 2.12.